The average Bonchev–Trinajstić information content (AvgIpc) is 2.41. The van der Waals surface area contributed by atoms with Crippen molar-refractivity contribution in [2.45, 2.75) is 27.2 Å². The van der Waals surface area contributed by atoms with Gasteiger partial charge in [-0.3, -0.25) is 4.79 Å². The van der Waals surface area contributed by atoms with E-state index in [1.165, 1.54) is 5.56 Å². The molecule has 4 heteroatoms. The Labute approximate surface area is 113 Å². The zero-order valence-electron chi connectivity index (χ0n) is 11.6. The number of nitrogens with zero attached hydrogens (tertiary/aromatic N) is 2. The number of hydrogen-bond donors (Lipinski definition) is 1. The zero-order chi connectivity index (χ0) is 13.8. The van der Waals surface area contributed by atoms with Crippen molar-refractivity contribution in [2.24, 2.45) is 0 Å². The van der Waals surface area contributed by atoms with Gasteiger partial charge in [0.25, 0.3) is 5.56 Å². The molecule has 0 aliphatic rings. The van der Waals surface area contributed by atoms with E-state index in [1.807, 2.05) is 25.1 Å². The van der Waals surface area contributed by atoms with Gasteiger partial charge >= 0.3 is 0 Å². The summed E-state index contributed by atoms with van der Waals surface area (Å²) in [6.07, 6.45) is 0.717. The van der Waals surface area contributed by atoms with E-state index in [-0.39, 0.29) is 5.56 Å². The van der Waals surface area contributed by atoms with Crippen molar-refractivity contribution in [3.05, 3.63) is 52.1 Å². The Balaban J connectivity index is 2.51. The molecule has 0 atom stereocenters. The molecule has 19 heavy (non-hydrogen) atoms. The molecule has 100 valence electrons. The summed E-state index contributed by atoms with van der Waals surface area (Å²) in [7, 11) is 0. The lowest BCUT2D eigenvalue weighted by molar-refractivity contribution is 0.887. The number of aromatic amines is 1. The molecule has 1 heterocycles. The summed E-state index contributed by atoms with van der Waals surface area (Å²) in [5, 5.41) is 0. The summed E-state index contributed by atoms with van der Waals surface area (Å²) < 4.78 is 0. The highest BCUT2D eigenvalue weighted by molar-refractivity contribution is 5.63. The van der Waals surface area contributed by atoms with Gasteiger partial charge in [0.1, 0.15) is 11.6 Å². The fourth-order valence-electron chi connectivity index (χ4n) is 2.12. The molecule has 4 nitrogen and oxygen atoms in total. The third kappa shape index (κ3) is 2.84. The van der Waals surface area contributed by atoms with Crippen molar-refractivity contribution in [1.82, 2.24) is 9.97 Å². The van der Waals surface area contributed by atoms with Crippen LogP contribution < -0.4 is 10.5 Å². The van der Waals surface area contributed by atoms with Gasteiger partial charge in [-0.2, -0.15) is 0 Å². The van der Waals surface area contributed by atoms with Gasteiger partial charge in [-0.15, -0.1) is 0 Å². The van der Waals surface area contributed by atoms with Crippen LogP contribution in [0.15, 0.2) is 35.1 Å². The van der Waals surface area contributed by atoms with Gasteiger partial charge in [-0.05, 0) is 25.5 Å². The molecular formula is C15H19N3O. The summed E-state index contributed by atoms with van der Waals surface area (Å²) in [6.45, 7) is 6.86. The van der Waals surface area contributed by atoms with Crippen LogP contribution in [0, 0.1) is 6.92 Å². The molecule has 1 aromatic heterocycles. The minimum atomic E-state index is -0.103. The van der Waals surface area contributed by atoms with E-state index >= 15 is 0 Å². The Kier molecular flexibility index (Phi) is 4.00. The summed E-state index contributed by atoms with van der Waals surface area (Å²) in [6, 6.07) is 9.67. The van der Waals surface area contributed by atoms with Crippen LogP contribution in [0.4, 0.5) is 11.5 Å². The molecule has 0 spiro atoms. The number of anilines is 2. The number of benzene rings is 1. The fourth-order valence-corrected chi connectivity index (χ4v) is 2.12. The molecule has 1 N–H and O–H groups in total. The monoisotopic (exact) mass is 257 g/mol. The predicted octanol–water partition coefficient (Wildman–Crippen LogP) is 2.80. The molecule has 0 aliphatic heterocycles. The first-order valence-corrected chi connectivity index (χ1v) is 6.59. The highest BCUT2D eigenvalue weighted by atomic mass is 16.1. The number of H-pyrrole nitrogens is 1. The molecule has 2 rings (SSSR count). The Hall–Kier alpha value is -2.10. The maximum absolute atomic E-state index is 11.7. The van der Waals surface area contributed by atoms with Crippen LogP contribution >= 0.6 is 0 Å². The lowest BCUT2D eigenvalue weighted by atomic mass is 10.2. The molecule has 0 fully saturated rings. The first-order valence-electron chi connectivity index (χ1n) is 6.59. The number of nitrogens with one attached hydrogen (secondary N) is 1. The SMILES string of the molecule is CCc1nc(N(CC)c2ccccc2C)cc(=O)[nH]1. The lowest BCUT2D eigenvalue weighted by Gasteiger charge is -2.24. The molecule has 2 aromatic rings. The maximum atomic E-state index is 11.7. The second kappa shape index (κ2) is 5.69. The summed E-state index contributed by atoms with van der Waals surface area (Å²) in [5.41, 5.74) is 2.16. The Morgan fingerprint density at radius 2 is 2.00 bits per heavy atom. The minimum Gasteiger partial charge on any atom is -0.326 e. The van der Waals surface area contributed by atoms with Crippen molar-refractivity contribution in [2.75, 3.05) is 11.4 Å². The smallest absolute Gasteiger partial charge is 0.252 e. The third-order valence-electron chi connectivity index (χ3n) is 3.11. The van der Waals surface area contributed by atoms with Crippen molar-refractivity contribution in [3.8, 4) is 0 Å². The first-order chi connectivity index (χ1) is 9.15. The molecular weight excluding hydrogens is 238 g/mol. The van der Waals surface area contributed by atoms with Crippen LogP contribution in [0.5, 0.6) is 0 Å². The second-order valence-corrected chi connectivity index (χ2v) is 4.43. The molecule has 0 unspecified atom stereocenters. The van der Waals surface area contributed by atoms with E-state index in [0.29, 0.717) is 12.2 Å². The van der Waals surface area contributed by atoms with Crippen molar-refractivity contribution in [3.63, 3.8) is 0 Å². The van der Waals surface area contributed by atoms with Gasteiger partial charge in [0.05, 0.1) is 0 Å². The summed E-state index contributed by atoms with van der Waals surface area (Å²) >= 11 is 0. The van der Waals surface area contributed by atoms with Gasteiger partial charge in [-0.1, -0.05) is 25.1 Å². The summed E-state index contributed by atoms with van der Waals surface area (Å²) in [4.78, 5) is 21.0. The third-order valence-corrected chi connectivity index (χ3v) is 3.11. The molecule has 0 bridgehead atoms. The Morgan fingerprint density at radius 1 is 1.26 bits per heavy atom. The van der Waals surface area contributed by atoms with E-state index < -0.39 is 0 Å². The van der Waals surface area contributed by atoms with E-state index in [9.17, 15) is 4.79 Å². The second-order valence-electron chi connectivity index (χ2n) is 4.43. The minimum absolute atomic E-state index is 0.103. The standard InChI is InChI=1S/C15H19N3O/c1-4-13-16-14(10-15(19)17-13)18(5-2)12-9-7-6-8-11(12)3/h6-10H,4-5H2,1-3H3,(H,16,17,19). The topological polar surface area (TPSA) is 49.0 Å². The van der Waals surface area contributed by atoms with Crippen molar-refractivity contribution in [1.29, 1.82) is 0 Å². The fraction of sp³-hybridized carbons (Fsp3) is 0.333. The molecule has 0 aliphatic carbocycles. The van der Waals surface area contributed by atoms with Gasteiger partial charge in [0.15, 0.2) is 0 Å². The van der Waals surface area contributed by atoms with Crippen LogP contribution in [-0.4, -0.2) is 16.5 Å². The van der Waals surface area contributed by atoms with E-state index in [2.05, 4.69) is 34.8 Å². The molecule has 0 amide bonds. The van der Waals surface area contributed by atoms with Crippen LogP contribution in [0.25, 0.3) is 0 Å². The van der Waals surface area contributed by atoms with E-state index in [1.54, 1.807) is 6.07 Å². The lowest BCUT2D eigenvalue weighted by Crippen LogP contribution is -2.22. The van der Waals surface area contributed by atoms with Crippen LogP contribution in [0.1, 0.15) is 25.2 Å². The quantitative estimate of drug-likeness (QED) is 0.916. The van der Waals surface area contributed by atoms with Crippen LogP contribution in [-0.2, 0) is 6.42 Å². The largest absolute Gasteiger partial charge is 0.326 e. The number of para-hydroxylation sites is 1. The Morgan fingerprint density at radius 3 is 2.63 bits per heavy atom. The molecule has 0 saturated heterocycles. The Bertz CT molecular complexity index is 619. The van der Waals surface area contributed by atoms with Crippen molar-refractivity contribution >= 4 is 11.5 Å². The van der Waals surface area contributed by atoms with Gasteiger partial charge < -0.3 is 9.88 Å². The number of aryl methyl sites for hydroxylation is 2. The normalized spacial score (nSPS) is 10.5. The predicted molar refractivity (Wildman–Crippen MR) is 78.1 cm³/mol. The van der Waals surface area contributed by atoms with Crippen molar-refractivity contribution < 1.29 is 0 Å². The first kappa shape index (κ1) is 13.3. The number of hydrogen-bond acceptors (Lipinski definition) is 3. The number of aromatic nitrogens is 2. The zero-order valence-corrected chi connectivity index (χ0v) is 11.6. The van der Waals surface area contributed by atoms with Gasteiger partial charge in [0.2, 0.25) is 0 Å². The highest BCUT2D eigenvalue weighted by Crippen LogP contribution is 2.25. The summed E-state index contributed by atoms with van der Waals surface area (Å²) in [5.74, 6) is 1.42. The van der Waals surface area contributed by atoms with Crippen LogP contribution in [0.3, 0.4) is 0 Å². The van der Waals surface area contributed by atoms with E-state index in [0.717, 1.165) is 18.1 Å². The maximum Gasteiger partial charge on any atom is 0.252 e. The number of rotatable bonds is 4. The van der Waals surface area contributed by atoms with Gasteiger partial charge in [0, 0.05) is 24.7 Å². The van der Waals surface area contributed by atoms with Crippen LogP contribution in [0.2, 0.25) is 0 Å². The molecule has 0 saturated carbocycles. The molecule has 1 aromatic carbocycles. The van der Waals surface area contributed by atoms with Gasteiger partial charge in [-0.25, -0.2) is 4.98 Å². The molecule has 0 radical (unpaired) electrons. The van der Waals surface area contributed by atoms with E-state index in [4.69, 9.17) is 0 Å². The highest BCUT2D eigenvalue weighted by Gasteiger charge is 2.12. The average molecular weight is 257 g/mol.